The van der Waals surface area contributed by atoms with Crippen LogP contribution >= 0.6 is 0 Å². The summed E-state index contributed by atoms with van der Waals surface area (Å²) in [7, 11) is 1.47. The number of hydrogen-bond acceptors (Lipinski definition) is 8. The van der Waals surface area contributed by atoms with Crippen LogP contribution in [0, 0.1) is 5.82 Å². The van der Waals surface area contributed by atoms with E-state index in [-0.39, 0.29) is 5.75 Å². The predicted octanol–water partition coefficient (Wildman–Crippen LogP) is 4.10. The van der Waals surface area contributed by atoms with Crippen molar-refractivity contribution in [2.24, 2.45) is 0 Å². The summed E-state index contributed by atoms with van der Waals surface area (Å²) in [5.74, 6) is 0.900. The summed E-state index contributed by atoms with van der Waals surface area (Å²) in [5.41, 5.74) is 1.24. The van der Waals surface area contributed by atoms with Gasteiger partial charge in [0.25, 0.3) is 0 Å². The highest BCUT2D eigenvalue weighted by Crippen LogP contribution is 2.38. The Morgan fingerprint density at radius 2 is 1.77 bits per heavy atom. The van der Waals surface area contributed by atoms with Crippen molar-refractivity contribution >= 4 is 5.82 Å². The molecule has 1 saturated carbocycles. The lowest BCUT2D eigenvalue weighted by Crippen LogP contribution is -2.55. The van der Waals surface area contributed by atoms with Gasteiger partial charge in [0.2, 0.25) is 5.88 Å². The number of nitrogens with zero attached hydrogens (tertiary/aromatic N) is 5. The number of piperidine rings is 2. The van der Waals surface area contributed by atoms with E-state index in [9.17, 15) is 9.50 Å². The fraction of sp³-hybridized carbons (Fsp3) is 0.462. The van der Waals surface area contributed by atoms with E-state index in [1.54, 1.807) is 18.3 Å². The van der Waals surface area contributed by atoms with E-state index < -0.39 is 5.82 Å². The number of pyridine rings is 1. The molecule has 3 fully saturated rings. The van der Waals surface area contributed by atoms with E-state index in [2.05, 4.69) is 30.4 Å². The standard InChI is InChI=1S/C26H29FN6O2/c1-35-25-12-21(22(27)13-28-25)15-5-8-20(23(34)9-15)26-29-14-24(31-32-26)33(18-6-7-18)19-10-16-3-2-4-17(11-19)30-16/h5,8-9,12-14,16-19,30,34H,2-4,6-7,10-11H2,1H3/t16-,17+,19?. The fourth-order valence-electron chi connectivity index (χ4n) is 5.64. The van der Waals surface area contributed by atoms with Crippen LogP contribution in [0.15, 0.2) is 36.7 Å². The van der Waals surface area contributed by atoms with E-state index >= 15 is 0 Å². The van der Waals surface area contributed by atoms with Gasteiger partial charge in [-0.15, -0.1) is 10.2 Å². The van der Waals surface area contributed by atoms with Gasteiger partial charge in [-0.05, 0) is 56.2 Å². The lowest BCUT2D eigenvalue weighted by molar-refractivity contribution is 0.215. The van der Waals surface area contributed by atoms with Crippen LogP contribution in [0.25, 0.3) is 22.5 Å². The molecule has 1 aliphatic carbocycles. The molecule has 3 atom stereocenters. The summed E-state index contributed by atoms with van der Waals surface area (Å²) in [6.07, 6.45) is 11.3. The minimum absolute atomic E-state index is 0.0440. The number of aromatic nitrogens is 4. The van der Waals surface area contributed by atoms with Crippen molar-refractivity contribution in [2.75, 3.05) is 12.0 Å². The van der Waals surface area contributed by atoms with Gasteiger partial charge in [-0.2, -0.15) is 0 Å². The first-order valence-electron chi connectivity index (χ1n) is 12.4. The van der Waals surface area contributed by atoms with Crippen LogP contribution in [0.2, 0.25) is 0 Å². The van der Waals surface area contributed by atoms with Crippen molar-refractivity contribution < 1.29 is 14.2 Å². The van der Waals surface area contributed by atoms with Crippen molar-refractivity contribution in [3.63, 3.8) is 0 Å². The summed E-state index contributed by atoms with van der Waals surface area (Å²) in [4.78, 5) is 10.9. The molecule has 0 amide bonds. The quantitative estimate of drug-likeness (QED) is 0.549. The summed E-state index contributed by atoms with van der Waals surface area (Å²) in [6, 6.07) is 8.55. The number of benzene rings is 1. The van der Waals surface area contributed by atoms with Gasteiger partial charge in [0.05, 0.1) is 25.1 Å². The Balaban J connectivity index is 1.25. The van der Waals surface area contributed by atoms with Crippen LogP contribution in [0.1, 0.15) is 44.9 Å². The van der Waals surface area contributed by atoms with Crippen LogP contribution in [-0.2, 0) is 0 Å². The van der Waals surface area contributed by atoms with E-state index in [0.29, 0.717) is 52.6 Å². The van der Waals surface area contributed by atoms with E-state index in [0.717, 1.165) is 24.9 Å². The number of ether oxygens (including phenoxy) is 1. The van der Waals surface area contributed by atoms with Gasteiger partial charge in [-0.1, -0.05) is 12.5 Å². The summed E-state index contributed by atoms with van der Waals surface area (Å²) in [6.45, 7) is 0. The van der Waals surface area contributed by atoms with Gasteiger partial charge in [-0.3, -0.25) is 0 Å². The second-order valence-corrected chi connectivity index (χ2v) is 9.83. The number of rotatable bonds is 6. The molecule has 2 saturated heterocycles. The van der Waals surface area contributed by atoms with E-state index in [1.165, 1.54) is 51.3 Å². The molecule has 0 radical (unpaired) electrons. The Bertz CT molecular complexity index is 1210. The highest BCUT2D eigenvalue weighted by Gasteiger charge is 2.40. The average molecular weight is 477 g/mol. The van der Waals surface area contributed by atoms with Crippen molar-refractivity contribution in [1.29, 1.82) is 0 Å². The Labute approximate surface area is 203 Å². The number of aromatic hydroxyl groups is 1. The monoisotopic (exact) mass is 476 g/mol. The van der Waals surface area contributed by atoms with Gasteiger partial charge in [0.15, 0.2) is 11.6 Å². The molecule has 3 aromatic rings. The zero-order valence-corrected chi connectivity index (χ0v) is 19.7. The number of nitrogens with one attached hydrogen (secondary N) is 1. The molecule has 8 nitrogen and oxygen atoms in total. The second-order valence-electron chi connectivity index (χ2n) is 9.83. The normalized spacial score (nSPS) is 23.7. The molecule has 9 heteroatoms. The smallest absolute Gasteiger partial charge is 0.213 e. The molecular formula is C26H29FN6O2. The highest BCUT2D eigenvalue weighted by molar-refractivity contribution is 5.73. The minimum atomic E-state index is -0.498. The molecule has 6 rings (SSSR count). The highest BCUT2D eigenvalue weighted by atomic mass is 19.1. The van der Waals surface area contributed by atoms with E-state index in [4.69, 9.17) is 4.74 Å². The maximum atomic E-state index is 14.3. The zero-order valence-electron chi connectivity index (χ0n) is 19.7. The summed E-state index contributed by atoms with van der Waals surface area (Å²) in [5, 5.41) is 23.4. The SMILES string of the molecule is COc1cc(-c2ccc(-c3ncc(N(C4CC4)C4C[C@H]5CCC[C@@H](C4)N5)nn3)c(O)c2)c(F)cn1. The third-order valence-electron chi connectivity index (χ3n) is 7.43. The number of methoxy groups -OCH3 is 1. The maximum Gasteiger partial charge on any atom is 0.213 e. The lowest BCUT2D eigenvalue weighted by Gasteiger charge is -2.45. The van der Waals surface area contributed by atoms with Gasteiger partial charge >= 0.3 is 0 Å². The Kier molecular flexibility index (Phi) is 5.72. The van der Waals surface area contributed by atoms with Crippen LogP contribution in [-0.4, -0.2) is 56.5 Å². The Hall–Kier alpha value is -3.33. The van der Waals surface area contributed by atoms with Crippen LogP contribution in [0.5, 0.6) is 11.6 Å². The van der Waals surface area contributed by atoms with Crippen molar-refractivity contribution in [3.8, 4) is 34.1 Å². The van der Waals surface area contributed by atoms with Gasteiger partial charge in [-0.25, -0.2) is 14.4 Å². The topological polar surface area (TPSA) is 96.3 Å². The van der Waals surface area contributed by atoms with Gasteiger partial charge in [0, 0.05) is 35.8 Å². The number of phenolic OH excluding ortho intramolecular Hbond substituents is 1. The molecule has 0 spiro atoms. The van der Waals surface area contributed by atoms with E-state index in [1.807, 2.05) is 0 Å². The molecule has 1 aromatic carbocycles. The van der Waals surface area contributed by atoms with Crippen molar-refractivity contribution in [2.45, 2.75) is 69.1 Å². The first kappa shape index (κ1) is 22.2. The lowest BCUT2D eigenvalue weighted by atomic mass is 9.83. The molecule has 2 N–H and O–H groups in total. The van der Waals surface area contributed by atoms with Gasteiger partial charge < -0.3 is 20.1 Å². The summed E-state index contributed by atoms with van der Waals surface area (Å²) >= 11 is 0. The third-order valence-corrected chi connectivity index (χ3v) is 7.43. The van der Waals surface area contributed by atoms with Crippen LogP contribution < -0.4 is 15.0 Å². The first-order valence-corrected chi connectivity index (χ1v) is 12.4. The number of phenols is 1. The molecule has 2 aromatic heterocycles. The molecule has 182 valence electrons. The summed E-state index contributed by atoms with van der Waals surface area (Å²) < 4.78 is 19.4. The second kappa shape index (κ2) is 9.03. The largest absolute Gasteiger partial charge is 0.507 e. The van der Waals surface area contributed by atoms with Gasteiger partial charge in [0.1, 0.15) is 11.6 Å². The number of halogens is 1. The number of fused-ring (bicyclic) bond motifs is 2. The van der Waals surface area contributed by atoms with Crippen molar-refractivity contribution in [1.82, 2.24) is 25.5 Å². The predicted molar refractivity (Wildman–Crippen MR) is 130 cm³/mol. The Morgan fingerprint density at radius 3 is 2.43 bits per heavy atom. The minimum Gasteiger partial charge on any atom is -0.507 e. The fourth-order valence-corrected chi connectivity index (χ4v) is 5.64. The molecular weight excluding hydrogens is 447 g/mol. The van der Waals surface area contributed by atoms with Crippen LogP contribution in [0.3, 0.4) is 0 Å². The molecule has 1 unspecified atom stereocenters. The molecule has 35 heavy (non-hydrogen) atoms. The average Bonchev–Trinajstić information content (AvgIpc) is 3.70. The Morgan fingerprint density at radius 1 is 0.971 bits per heavy atom. The van der Waals surface area contributed by atoms with Crippen molar-refractivity contribution in [3.05, 3.63) is 42.5 Å². The zero-order chi connectivity index (χ0) is 23.9. The first-order chi connectivity index (χ1) is 17.1. The third kappa shape index (κ3) is 4.40. The molecule has 4 heterocycles. The maximum absolute atomic E-state index is 14.3. The number of anilines is 1. The van der Waals surface area contributed by atoms with Crippen LogP contribution in [0.4, 0.5) is 10.2 Å². The molecule has 3 aliphatic rings. The number of hydrogen-bond donors (Lipinski definition) is 2. The molecule has 2 bridgehead atoms. The molecule has 2 aliphatic heterocycles.